The van der Waals surface area contributed by atoms with Crippen LogP contribution >= 0.6 is 0 Å². The maximum Gasteiger partial charge on any atom is 0.276 e. The number of hydrogen-bond donors (Lipinski definition) is 2. The Morgan fingerprint density at radius 3 is 2.55 bits per heavy atom. The quantitative estimate of drug-likeness (QED) is 0.525. The van der Waals surface area contributed by atoms with Crippen molar-refractivity contribution < 1.29 is 5.11 Å². The summed E-state index contributed by atoms with van der Waals surface area (Å²) < 4.78 is 1.76. The highest BCUT2D eigenvalue weighted by Gasteiger charge is 2.26. The monoisotopic (exact) mass is 387 g/mol. The summed E-state index contributed by atoms with van der Waals surface area (Å²) in [6, 6.07) is 17.5. The zero-order chi connectivity index (χ0) is 19.8. The molecule has 0 spiro atoms. The maximum atomic E-state index is 12.8. The van der Waals surface area contributed by atoms with Crippen LogP contribution < -0.4 is 5.56 Å². The molecule has 1 aliphatic rings. The second-order valence-corrected chi connectivity index (χ2v) is 8.11. The molecule has 0 bridgehead atoms. The van der Waals surface area contributed by atoms with E-state index >= 15 is 0 Å². The van der Waals surface area contributed by atoms with Gasteiger partial charge in [0.1, 0.15) is 0 Å². The summed E-state index contributed by atoms with van der Waals surface area (Å²) in [5.41, 5.74) is 2.50. The van der Waals surface area contributed by atoms with E-state index in [9.17, 15) is 9.90 Å². The predicted molar refractivity (Wildman–Crippen MR) is 115 cm³/mol. The van der Waals surface area contributed by atoms with E-state index < -0.39 is 6.10 Å². The number of H-pyrrole nitrogens is 1. The number of aromatic amines is 1. The zero-order valence-electron chi connectivity index (χ0n) is 16.3. The van der Waals surface area contributed by atoms with Crippen LogP contribution in [0.3, 0.4) is 0 Å². The number of pyridine rings is 1. The molecular formula is C24H25N3O2. The first-order chi connectivity index (χ1) is 14.2. The molecule has 5 nitrogen and oxygen atoms in total. The van der Waals surface area contributed by atoms with Gasteiger partial charge in [-0.25, -0.2) is 4.68 Å². The minimum atomic E-state index is -0.673. The van der Waals surface area contributed by atoms with Crippen molar-refractivity contribution in [1.82, 2.24) is 14.8 Å². The fourth-order valence-corrected chi connectivity index (χ4v) is 4.77. The number of nitrogens with one attached hydrogen (secondary N) is 1. The number of aliphatic hydroxyl groups excluding tert-OH is 1. The molecule has 1 atom stereocenters. The van der Waals surface area contributed by atoms with Gasteiger partial charge in [0.25, 0.3) is 5.56 Å². The number of aromatic nitrogens is 3. The van der Waals surface area contributed by atoms with Gasteiger partial charge < -0.3 is 10.1 Å². The third-order valence-corrected chi connectivity index (χ3v) is 6.18. The topological polar surface area (TPSA) is 70.9 Å². The minimum Gasteiger partial charge on any atom is -0.387 e. The van der Waals surface area contributed by atoms with Gasteiger partial charge in [-0.05, 0) is 30.5 Å². The third kappa shape index (κ3) is 3.25. The van der Waals surface area contributed by atoms with Crippen LogP contribution in [0.5, 0.6) is 0 Å². The lowest BCUT2D eigenvalue weighted by molar-refractivity contribution is 0.126. The maximum absolute atomic E-state index is 12.8. The van der Waals surface area contributed by atoms with Crippen LogP contribution in [0, 0.1) is 5.92 Å². The summed E-state index contributed by atoms with van der Waals surface area (Å²) in [5, 5.41) is 17.7. The molecule has 5 heteroatoms. The Morgan fingerprint density at radius 1 is 1.03 bits per heavy atom. The summed E-state index contributed by atoms with van der Waals surface area (Å²) >= 11 is 0. The lowest BCUT2D eigenvalue weighted by Gasteiger charge is -2.24. The summed E-state index contributed by atoms with van der Waals surface area (Å²) in [7, 11) is 0. The zero-order valence-corrected chi connectivity index (χ0v) is 16.3. The van der Waals surface area contributed by atoms with Crippen molar-refractivity contribution in [3.8, 4) is 5.69 Å². The summed E-state index contributed by atoms with van der Waals surface area (Å²) in [5.74, 6) is 0.515. The molecule has 0 amide bonds. The van der Waals surface area contributed by atoms with Gasteiger partial charge >= 0.3 is 0 Å². The highest BCUT2D eigenvalue weighted by atomic mass is 16.3. The van der Waals surface area contributed by atoms with Crippen LogP contribution in [-0.4, -0.2) is 19.9 Å². The molecule has 0 saturated heterocycles. The smallest absolute Gasteiger partial charge is 0.276 e. The van der Waals surface area contributed by atoms with Crippen LogP contribution in [0.2, 0.25) is 0 Å². The average Bonchev–Trinajstić information content (AvgIpc) is 3.17. The van der Waals surface area contributed by atoms with Crippen molar-refractivity contribution in [2.45, 2.75) is 44.6 Å². The number of benzene rings is 2. The van der Waals surface area contributed by atoms with Gasteiger partial charge in [-0.1, -0.05) is 68.5 Å². The van der Waals surface area contributed by atoms with Gasteiger partial charge in [0.2, 0.25) is 0 Å². The molecule has 2 aromatic carbocycles. The van der Waals surface area contributed by atoms with Gasteiger partial charge in [0, 0.05) is 16.3 Å². The first-order valence-corrected chi connectivity index (χ1v) is 10.5. The Labute approximate surface area is 169 Å². The Bertz CT molecular complexity index is 1200. The van der Waals surface area contributed by atoms with Crippen molar-refractivity contribution in [1.29, 1.82) is 0 Å². The van der Waals surface area contributed by atoms with E-state index in [4.69, 9.17) is 0 Å². The first kappa shape index (κ1) is 18.1. The molecule has 2 N–H and O–H groups in total. The molecule has 5 rings (SSSR count). The Hall–Kier alpha value is -2.92. The van der Waals surface area contributed by atoms with E-state index in [0.29, 0.717) is 17.9 Å². The van der Waals surface area contributed by atoms with Gasteiger partial charge in [0.15, 0.2) is 5.52 Å². The number of hydrogen-bond acceptors (Lipinski definition) is 3. The van der Waals surface area contributed by atoms with Crippen LogP contribution in [0.25, 0.3) is 27.5 Å². The summed E-state index contributed by atoms with van der Waals surface area (Å²) in [6.07, 6.45) is 6.11. The van der Waals surface area contributed by atoms with Crippen LogP contribution in [0.15, 0.2) is 59.4 Å². The second-order valence-electron chi connectivity index (χ2n) is 8.11. The highest BCUT2D eigenvalue weighted by molar-refractivity contribution is 6.05. The fraction of sp³-hybridized carbons (Fsp3) is 0.333. The van der Waals surface area contributed by atoms with Crippen molar-refractivity contribution in [3.05, 3.63) is 70.6 Å². The second kappa shape index (κ2) is 7.48. The highest BCUT2D eigenvalue weighted by Crippen LogP contribution is 2.36. The van der Waals surface area contributed by atoms with Crippen molar-refractivity contribution in [2.75, 3.05) is 0 Å². The first-order valence-electron chi connectivity index (χ1n) is 10.5. The molecular weight excluding hydrogens is 362 g/mol. The number of aliphatic hydroxyl groups is 1. The Morgan fingerprint density at radius 2 is 1.76 bits per heavy atom. The van der Waals surface area contributed by atoms with Gasteiger partial charge in [-0.15, -0.1) is 0 Å². The van der Waals surface area contributed by atoms with Crippen LogP contribution in [0.4, 0.5) is 0 Å². The minimum absolute atomic E-state index is 0.223. The molecule has 0 radical (unpaired) electrons. The molecule has 1 fully saturated rings. The Kier molecular flexibility index (Phi) is 4.68. The van der Waals surface area contributed by atoms with E-state index in [2.05, 4.69) is 10.1 Å². The summed E-state index contributed by atoms with van der Waals surface area (Å²) in [4.78, 5) is 15.7. The normalized spacial score (nSPS) is 16.4. The van der Waals surface area contributed by atoms with E-state index in [0.717, 1.165) is 40.5 Å². The molecule has 1 aliphatic carbocycles. The molecule has 4 aromatic rings. The Balaban J connectivity index is 1.75. The molecule has 148 valence electrons. The average molecular weight is 387 g/mol. The largest absolute Gasteiger partial charge is 0.387 e. The SMILES string of the molecule is O=c1[nH]c2ccccc2c2c(C(O)CC3CCCCC3)n(-c3ccccc3)nc12. The number of nitrogens with zero attached hydrogens (tertiary/aromatic N) is 2. The fourth-order valence-electron chi connectivity index (χ4n) is 4.77. The van der Waals surface area contributed by atoms with Crippen molar-refractivity contribution >= 4 is 21.8 Å². The number of fused-ring (bicyclic) bond motifs is 3. The molecule has 0 aliphatic heterocycles. The van der Waals surface area contributed by atoms with Gasteiger partial charge in [-0.3, -0.25) is 4.79 Å². The number of para-hydroxylation sites is 2. The number of rotatable bonds is 4. The molecule has 29 heavy (non-hydrogen) atoms. The van der Waals surface area contributed by atoms with Crippen LogP contribution in [-0.2, 0) is 0 Å². The van der Waals surface area contributed by atoms with Gasteiger partial charge in [-0.2, -0.15) is 5.10 Å². The molecule has 1 unspecified atom stereocenters. The van der Waals surface area contributed by atoms with E-state index in [1.54, 1.807) is 4.68 Å². The summed E-state index contributed by atoms with van der Waals surface area (Å²) in [6.45, 7) is 0. The van der Waals surface area contributed by atoms with Crippen LogP contribution in [0.1, 0.15) is 50.3 Å². The lowest BCUT2D eigenvalue weighted by Crippen LogP contribution is -2.14. The third-order valence-electron chi connectivity index (χ3n) is 6.18. The van der Waals surface area contributed by atoms with Gasteiger partial charge in [0.05, 0.1) is 17.5 Å². The molecule has 2 aromatic heterocycles. The molecule has 2 heterocycles. The predicted octanol–water partition coefficient (Wildman–Crippen LogP) is 4.87. The lowest BCUT2D eigenvalue weighted by atomic mass is 9.84. The van der Waals surface area contributed by atoms with E-state index in [1.165, 1.54) is 19.3 Å². The standard InChI is InChI=1S/C24H25N3O2/c28-20(15-16-9-3-1-4-10-16)23-21-18-13-7-8-14-19(18)25-24(29)22(21)26-27(23)17-11-5-2-6-12-17/h2,5-8,11-14,16,20,28H,1,3-4,9-10,15H2,(H,25,29). The van der Waals surface area contributed by atoms with E-state index in [-0.39, 0.29) is 5.56 Å². The van der Waals surface area contributed by atoms with E-state index in [1.807, 2.05) is 54.6 Å². The molecule has 1 saturated carbocycles. The van der Waals surface area contributed by atoms with Crippen molar-refractivity contribution in [3.63, 3.8) is 0 Å². The van der Waals surface area contributed by atoms with Crippen molar-refractivity contribution in [2.24, 2.45) is 5.92 Å².